The topological polar surface area (TPSA) is 37.4 Å². The van der Waals surface area contributed by atoms with Gasteiger partial charge in [-0.2, -0.15) is 0 Å². The van der Waals surface area contributed by atoms with E-state index in [0.29, 0.717) is 12.8 Å². The van der Waals surface area contributed by atoms with Crippen molar-refractivity contribution in [1.82, 2.24) is 0 Å². The standard InChI is InChI=1S/C13H15NO2/c1-2-12(15)10-5-7-11(8-6-10)14-9-3-4-13(14)16/h5-8H,2-4,9H2,1H3. The predicted molar refractivity (Wildman–Crippen MR) is 62.7 cm³/mol. The lowest BCUT2D eigenvalue weighted by molar-refractivity contribution is -0.117. The van der Waals surface area contributed by atoms with Crippen molar-refractivity contribution in [2.24, 2.45) is 0 Å². The highest BCUT2D eigenvalue weighted by Crippen LogP contribution is 2.21. The lowest BCUT2D eigenvalue weighted by atomic mass is 10.1. The maximum Gasteiger partial charge on any atom is 0.227 e. The van der Waals surface area contributed by atoms with Crippen LogP contribution in [-0.4, -0.2) is 18.2 Å². The van der Waals surface area contributed by atoms with Crippen molar-refractivity contribution < 1.29 is 9.59 Å². The van der Waals surface area contributed by atoms with Crippen LogP contribution >= 0.6 is 0 Å². The molecule has 3 heteroatoms. The molecule has 1 aromatic carbocycles. The highest BCUT2D eigenvalue weighted by atomic mass is 16.2. The van der Waals surface area contributed by atoms with Crippen molar-refractivity contribution in [3.8, 4) is 0 Å². The number of Topliss-reactive ketones (excluding diaryl/α,β-unsaturated/α-hetero) is 1. The molecule has 0 aliphatic carbocycles. The molecule has 0 bridgehead atoms. The molecule has 3 nitrogen and oxygen atoms in total. The minimum atomic E-state index is 0.138. The van der Waals surface area contributed by atoms with Crippen LogP contribution in [0.15, 0.2) is 24.3 Å². The number of carbonyl (C=O) groups is 2. The number of rotatable bonds is 3. The maximum absolute atomic E-state index is 11.5. The summed E-state index contributed by atoms with van der Waals surface area (Å²) in [6.45, 7) is 2.64. The number of hydrogen-bond acceptors (Lipinski definition) is 2. The van der Waals surface area contributed by atoms with Gasteiger partial charge in [0.1, 0.15) is 0 Å². The zero-order valence-corrected chi connectivity index (χ0v) is 9.40. The highest BCUT2D eigenvalue weighted by Gasteiger charge is 2.21. The van der Waals surface area contributed by atoms with Gasteiger partial charge in [-0.1, -0.05) is 6.92 Å². The van der Waals surface area contributed by atoms with Crippen LogP contribution in [0.2, 0.25) is 0 Å². The van der Waals surface area contributed by atoms with E-state index in [1.165, 1.54) is 0 Å². The molecule has 1 saturated heterocycles. The zero-order chi connectivity index (χ0) is 11.5. The molecule has 1 aromatic rings. The van der Waals surface area contributed by atoms with Crippen molar-refractivity contribution in [3.63, 3.8) is 0 Å². The third-order valence-electron chi connectivity index (χ3n) is 2.90. The van der Waals surface area contributed by atoms with Crippen molar-refractivity contribution in [2.75, 3.05) is 11.4 Å². The number of anilines is 1. The summed E-state index contributed by atoms with van der Waals surface area (Å²) < 4.78 is 0. The van der Waals surface area contributed by atoms with E-state index in [9.17, 15) is 9.59 Å². The van der Waals surface area contributed by atoms with E-state index in [2.05, 4.69) is 0 Å². The van der Waals surface area contributed by atoms with E-state index in [1.807, 2.05) is 19.1 Å². The second kappa shape index (κ2) is 4.47. The Balaban J connectivity index is 2.19. The minimum absolute atomic E-state index is 0.138. The monoisotopic (exact) mass is 217 g/mol. The summed E-state index contributed by atoms with van der Waals surface area (Å²) in [6, 6.07) is 7.30. The van der Waals surface area contributed by atoms with E-state index in [4.69, 9.17) is 0 Å². The first-order valence-corrected chi connectivity index (χ1v) is 5.66. The Morgan fingerprint density at radius 1 is 1.31 bits per heavy atom. The fraction of sp³-hybridized carbons (Fsp3) is 0.385. The smallest absolute Gasteiger partial charge is 0.227 e. The Bertz CT molecular complexity index is 408. The van der Waals surface area contributed by atoms with E-state index < -0.39 is 0 Å². The quantitative estimate of drug-likeness (QED) is 0.729. The molecule has 0 saturated carbocycles. The highest BCUT2D eigenvalue weighted by molar-refractivity contribution is 5.98. The number of hydrogen-bond donors (Lipinski definition) is 0. The van der Waals surface area contributed by atoms with Gasteiger partial charge in [0.15, 0.2) is 5.78 Å². The molecule has 0 spiro atoms. The molecule has 0 radical (unpaired) electrons. The predicted octanol–water partition coefficient (Wildman–Crippen LogP) is 2.41. The van der Waals surface area contributed by atoms with Gasteiger partial charge in [-0.3, -0.25) is 9.59 Å². The van der Waals surface area contributed by atoms with Crippen LogP contribution in [0.5, 0.6) is 0 Å². The minimum Gasteiger partial charge on any atom is -0.312 e. The number of nitrogens with zero attached hydrogens (tertiary/aromatic N) is 1. The van der Waals surface area contributed by atoms with Crippen LogP contribution < -0.4 is 4.90 Å². The summed E-state index contributed by atoms with van der Waals surface area (Å²) in [6.07, 6.45) is 2.08. The molecule has 1 aliphatic heterocycles. The van der Waals surface area contributed by atoms with Gasteiger partial charge in [0.05, 0.1) is 0 Å². The van der Waals surface area contributed by atoms with Crippen LogP contribution in [0.3, 0.4) is 0 Å². The molecule has 0 aromatic heterocycles. The Morgan fingerprint density at radius 2 is 2.00 bits per heavy atom. The molecule has 1 heterocycles. The van der Waals surface area contributed by atoms with Crippen LogP contribution in [0.4, 0.5) is 5.69 Å². The lowest BCUT2D eigenvalue weighted by Gasteiger charge is -2.15. The molecular formula is C13H15NO2. The van der Waals surface area contributed by atoms with Crippen LogP contribution in [0.25, 0.3) is 0 Å². The van der Waals surface area contributed by atoms with Gasteiger partial charge >= 0.3 is 0 Å². The Kier molecular flexibility index (Phi) is 3.04. The molecule has 84 valence electrons. The number of carbonyl (C=O) groups excluding carboxylic acids is 2. The van der Waals surface area contributed by atoms with Gasteiger partial charge in [-0.15, -0.1) is 0 Å². The summed E-state index contributed by atoms with van der Waals surface area (Å²) >= 11 is 0. The summed E-state index contributed by atoms with van der Waals surface area (Å²) in [5, 5.41) is 0. The van der Waals surface area contributed by atoms with Gasteiger partial charge < -0.3 is 4.90 Å². The van der Waals surface area contributed by atoms with E-state index >= 15 is 0 Å². The Hall–Kier alpha value is -1.64. The van der Waals surface area contributed by atoms with E-state index in [1.54, 1.807) is 17.0 Å². The van der Waals surface area contributed by atoms with Crippen LogP contribution in [0.1, 0.15) is 36.5 Å². The number of ketones is 1. The largest absolute Gasteiger partial charge is 0.312 e. The van der Waals surface area contributed by atoms with Gasteiger partial charge in [-0.25, -0.2) is 0 Å². The van der Waals surface area contributed by atoms with Gasteiger partial charge in [0.2, 0.25) is 5.91 Å². The first-order valence-electron chi connectivity index (χ1n) is 5.66. The first-order chi connectivity index (χ1) is 7.72. The number of benzene rings is 1. The molecule has 2 rings (SSSR count). The van der Waals surface area contributed by atoms with Crippen molar-refractivity contribution in [3.05, 3.63) is 29.8 Å². The summed E-state index contributed by atoms with van der Waals surface area (Å²) in [4.78, 5) is 24.7. The molecule has 1 aliphatic rings. The summed E-state index contributed by atoms with van der Waals surface area (Å²) in [5.41, 5.74) is 1.62. The maximum atomic E-state index is 11.5. The van der Waals surface area contributed by atoms with Gasteiger partial charge in [0, 0.05) is 30.6 Å². The molecular weight excluding hydrogens is 202 g/mol. The van der Waals surface area contributed by atoms with Crippen molar-refractivity contribution in [2.45, 2.75) is 26.2 Å². The third-order valence-corrected chi connectivity index (χ3v) is 2.90. The van der Waals surface area contributed by atoms with Gasteiger partial charge in [0.25, 0.3) is 0 Å². The molecule has 0 unspecified atom stereocenters. The van der Waals surface area contributed by atoms with E-state index in [0.717, 1.165) is 24.2 Å². The SMILES string of the molecule is CCC(=O)c1ccc(N2CCCC2=O)cc1. The number of amides is 1. The Morgan fingerprint density at radius 3 is 2.50 bits per heavy atom. The molecule has 16 heavy (non-hydrogen) atoms. The van der Waals surface area contributed by atoms with Crippen molar-refractivity contribution >= 4 is 17.4 Å². The normalized spacial score (nSPS) is 15.6. The molecule has 0 atom stereocenters. The average Bonchev–Trinajstić information content (AvgIpc) is 2.75. The van der Waals surface area contributed by atoms with Crippen molar-refractivity contribution in [1.29, 1.82) is 0 Å². The second-order valence-corrected chi connectivity index (χ2v) is 3.97. The molecule has 1 amide bonds. The van der Waals surface area contributed by atoms with Crippen LogP contribution in [-0.2, 0) is 4.79 Å². The molecule has 0 N–H and O–H groups in total. The third kappa shape index (κ3) is 1.98. The summed E-state index contributed by atoms with van der Waals surface area (Å²) in [7, 11) is 0. The van der Waals surface area contributed by atoms with E-state index in [-0.39, 0.29) is 11.7 Å². The fourth-order valence-electron chi connectivity index (χ4n) is 1.95. The zero-order valence-electron chi connectivity index (χ0n) is 9.40. The van der Waals surface area contributed by atoms with Gasteiger partial charge in [-0.05, 0) is 30.7 Å². The molecule has 1 fully saturated rings. The average molecular weight is 217 g/mol. The Labute approximate surface area is 95.1 Å². The summed E-state index contributed by atoms with van der Waals surface area (Å²) in [5.74, 6) is 0.314. The van der Waals surface area contributed by atoms with Crippen LogP contribution in [0, 0.1) is 0 Å². The second-order valence-electron chi connectivity index (χ2n) is 3.97. The first kappa shape index (κ1) is 10.9. The lowest BCUT2D eigenvalue weighted by Crippen LogP contribution is -2.23. The fourth-order valence-corrected chi connectivity index (χ4v) is 1.95.